The van der Waals surface area contributed by atoms with Gasteiger partial charge in [-0.1, -0.05) is 33.1 Å². The molecule has 0 aromatic heterocycles. The van der Waals surface area contributed by atoms with Crippen LogP contribution in [-0.2, 0) is 39.8 Å². The molecule has 10 radical (unpaired) electrons. The second-order valence-electron chi connectivity index (χ2n) is 6.51. The first-order valence-corrected chi connectivity index (χ1v) is 11.7. The molecule has 158 valence electrons. The number of hydrogen-bond donors (Lipinski definition) is 0. The Labute approximate surface area is 201 Å². The van der Waals surface area contributed by atoms with E-state index in [4.69, 9.17) is 9.05 Å². The van der Waals surface area contributed by atoms with Gasteiger partial charge in [0.25, 0.3) is 0 Å². The van der Waals surface area contributed by atoms with Crippen molar-refractivity contribution in [3.05, 3.63) is 82.5 Å². The molecule has 2 aliphatic rings. The summed E-state index contributed by atoms with van der Waals surface area (Å²) in [5.74, 6) is 3.60. The van der Waals surface area contributed by atoms with E-state index in [-0.39, 0.29) is 26.2 Å². The summed E-state index contributed by atoms with van der Waals surface area (Å²) in [6, 6.07) is 0. The molecule has 0 bridgehead atoms. The molecule has 0 spiro atoms. The van der Waals surface area contributed by atoms with Crippen molar-refractivity contribution in [2.45, 2.75) is 53.4 Å². The van der Waals surface area contributed by atoms with Gasteiger partial charge in [-0.15, -0.1) is 0 Å². The van der Waals surface area contributed by atoms with Crippen molar-refractivity contribution in [1.82, 2.24) is 0 Å². The Morgan fingerprint density at radius 3 is 1.55 bits per heavy atom. The molecule has 2 rings (SSSR count). The summed E-state index contributed by atoms with van der Waals surface area (Å²) >= 11 is 0. The van der Waals surface area contributed by atoms with Crippen LogP contribution < -0.4 is 0 Å². The normalized spacial score (nSPS) is 16.6. The average molecular weight is 496 g/mol. The van der Waals surface area contributed by atoms with Gasteiger partial charge in [-0.05, 0) is 84.0 Å². The van der Waals surface area contributed by atoms with Crippen LogP contribution in [0.4, 0.5) is 0 Å². The third kappa shape index (κ3) is 20.4. The van der Waals surface area contributed by atoms with Gasteiger partial charge in [0.2, 0.25) is 0 Å². The Morgan fingerprint density at radius 1 is 0.897 bits per heavy atom. The maximum absolute atomic E-state index is 12.3. The zero-order chi connectivity index (χ0) is 21.1. The van der Waals surface area contributed by atoms with E-state index in [9.17, 15) is 4.57 Å². The minimum atomic E-state index is -3.18. The molecule has 3 nitrogen and oxygen atoms in total. The molecule has 0 saturated heterocycles. The van der Waals surface area contributed by atoms with Crippen LogP contribution in [0.15, 0.2) is 5.57 Å². The molecule has 0 aromatic rings. The zero-order valence-corrected chi connectivity index (χ0v) is 21.8. The first-order valence-electron chi connectivity index (χ1n) is 10.1. The Kier molecular flexibility index (Phi) is 24.2. The molecule has 0 amide bonds. The van der Waals surface area contributed by atoms with E-state index in [1.165, 1.54) is 0 Å². The van der Waals surface area contributed by atoms with Crippen LogP contribution >= 0.6 is 7.60 Å². The van der Waals surface area contributed by atoms with Crippen LogP contribution in [0.3, 0.4) is 0 Å². The number of hydrogen-bond acceptors (Lipinski definition) is 3. The van der Waals surface area contributed by atoms with Crippen molar-refractivity contribution in [2.75, 3.05) is 13.2 Å². The number of allylic oxidation sites excluding steroid dienone is 1. The van der Waals surface area contributed by atoms with Gasteiger partial charge >= 0.3 is 26.2 Å². The summed E-state index contributed by atoms with van der Waals surface area (Å²) in [7, 11) is -3.18. The molecule has 5 heteroatoms. The summed E-state index contributed by atoms with van der Waals surface area (Å²) in [6.45, 7) is 12.6. The molecule has 0 aromatic carbocycles. The number of rotatable bonds is 10. The van der Waals surface area contributed by atoms with Crippen LogP contribution in [0.25, 0.3) is 0 Å². The van der Waals surface area contributed by atoms with Gasteiger partial charge < -0.3 is 21.8 Å². The summed E-state index contributed by atoms with van der Waals surface area (Å²) in [6.07, 6.45) is 23.7. The average Bonchev–Trinajstić information content (AvgIpc) is 3.39. The van der Waals surface area contributed by atoms with E-state index in [0.29, 0.717) is 25.6 Å². The van der Waals surface area contributed by atoms with Gasteiger partial charge in [-0.3, -0.25) is 10.1 Å². The summed E-state index contributed by atoms with van der Waals surface area (Å²) < 4.78 is 22.7. The van der Waals surface area contributed by atoms with E-state index >= 15 is 0 Å². The molecule has 2 fully saturated rings. The summed E-state index contributed by atoms with van der Waals surface area (Å²) in [5.41, 5.74) is 0.945. The largest absolute Gasteiger partial charge is 4.00 e. The predicted octanol–water partition coefficient (Wildman–Crippen LogP) is 7.03. The summed E-state index contributed by atoms with van der Waals surface area (Å²) in [5, 5.41) is 0. The monoisotopic (exact) mass is 494 g/mol. The standard InChI is InChI=1S/C14H27O3P.2C5H5.Zr/c1-6-14(11-9-10-13(4)5)12-18(15,16-7-2)17-8-3;2*1-2-4-5-3-1;/h13H,1,6-11H2,2-5H3;2*1-5H;/q-2;;;+4. The molecule has 2 aliphatic carbocycles. The van der Waals surface area contributed by atoms with E-state index in [2.05, 4.69) is 26.6 Å². The smallest absolute Gasteiger partial charge is 0.374 e. The van der Waals surface area contributed by atoms with Crippen molar-refractivity contribution < 1.29 is 39.8 Å². The molecule has 0 aliphatic heterocycles. The van der Waals surface area contributed by atoms with Gasteiger partial charge in [0.1, 0.15) is 0 Å². The predicted molar refractivity (Wildman–Crippen MR) is 119 cm³/mol. The maximum Gasteiger partial charge on any atom is 4.00 e. The second-order valence-corrected chi connectivity index (χ2v) is 8.24. The first-order chi connectivity index (χ1) is 13.5. The van der Waals surface area contributed by atoms with E-state index < -0.39 is 7.60 Å². The van der Waals surface area contributed by atoms with Crippen LogP contribution in [0.2, 0.25) is 0 Å². The van der Waals surface area contributed by atoms with Crippen LogP contribution in [0.1, 0.15) is 53.4 Å². The fraction of sp³-hybridized carbons (Fsp3) is 0.458. The molecule has 0 unspecified atom stereocenters. The van der Waals surface area contributed by atoms with Gasteiger partial charge in [0.05, 0.1) is 13.2 Å². The topological polar surface area (TPSA) is 35.5 Å². The third-order valence-corrected chi connectivity index (χ3v) is 5.35. The van der Waals surface area contributed by atoms with E-state index in [0.717, 1.165) is 24.8 Å². The van der Waals surface area contributed by atoms with Gasteiger partial charge in [-0.25, -0.2) is 0 Å². The van der Waals surface area contributed by atoms with Crippen molar-refractivity contribution in [3.63, 3.8) is 0 Å². The van der Waals surface area contributed by atoms with Crippen LogP contribution in [0.5, 0.6) is 0 Å². The van der Waals surface area contributed by atoms with Gasteiger partial charge in [0.15, 0.2) is 7.60 Å². The van der Waals surface area contributed by atoms with E-state index in [1.54, 1.807) is 13.8 Å². The SMILES string of the molecule is [CH2-]CC(=[C-]P(=O)(OCC)OCC)CCCC(C)C.[CH]1[CH][CH][CH][CH]1.[CH]1[CH][CH][CH][CH]1.[Zr+4]. The fourth-order valence-corrected chi connectivity index (χ4v) is 3.73. The van der Waals surface area contributed by atoms with Gasteiger partial charge in [0, 0.05) is 0 Å². The molecular formula is C24H37O3PZr+2. The van der Waals surface area contributed by atoms with Crippen molar-refractivity contribution in [1.29, 1.82) is 0 Å². The van der Waals surface area contributed by atoms with Gasteiger partial charge in [-0.2, -0.15) is 6.42 Å². The quantitative estimate of drug-likeness (QED) is 0.241. The molecule has 2 saturated carbocycles. The molecule has 0 heterocycles. The zero-order valence-electron chi connectivity index (χ0n) is 18.5. The Balaban J connectivity index is 0. The molecule has 29 heavy (non-hydrogen) atoms. The van der Waals surface area contributed by atoms with Crippen molar-refractivity contribution >= 4 is 7.60 Å². The Morgan fingerprint density at radius 2 is 1.28 bits per heavy atom. The molecular weight excluding hydrogens is 458 g/mol. The van der Waals surface area contributed by atoms with Crippen molar-refractivity contribution in [3.8, 4) is 0 Å². The Bertz CT molecular complexity index is 381. The second kappa shape index (κ2) is 22.0. The molecule has 0 N–H and O–H groups in total. The molecule has 0 atom stereocenters. The fourth-order valence-electron chi connectivity index (χ4n) is 2.24. The van der Waals surface area contributed by atoms with Crippen molar-refractivity contribution in [2.24, 2.45) is 5.92 Å². The first kappa shape index (κ1) is 32.0. The third-order valence-electron chi connectivity index (χ3n) is 3.57. The van der Waals surface area contributed by atoms with E-state index in [1.807, 2.05) is 64.2 Å². The minimum Gasteiger partial charge on any atom is -0.374 e. The Hall–Kier alpha value is 0.773. The minimum absolute atomic E-state index is 0. The van der Waals surface area contributed by atoms with Crippen LogP contribution in [-0.4, -0.2) is 13.2 Å². The van der Waals surface area contributed by atoms with Crippen LogP contribution in [0, 0.1) is 82.9 Å². The summed E-state index contributed by atoms with van der Waals surface area (Å²) in [4.78, 5) is 0. The maximum atomic E-state index is 12.3.